The maximum Gasteiger partial charge on any atom is 0.326 e. The summed E-state index contributed by atoms with van der Waals surface area (Å²) in [6, 6.07) is 4.40. The Morgan fingerprint density at radius 2 is 1.81 bits per heavy atom. The number of anilines is 1. The van der Waals surface area contributed by atoms with E-state index in [2.05, 4.69) is 10.6 Å². The van der Waals surface area contributed by atoms with Gasteiger partial charge in [0.1, 0.15) is 6.04 Å². The van der Waals surface area contributed by atoms with E-state index in [9.17, 15) is 14.4 Å². The number of hydrogen-bond donors (Lipinski definition) is 4. The lowest BCUT2D eigenvalue weighted by atomic mass is 9.99. The number of hydrogen-bond acceptors (Lipinski definition) is 3. The standard InChI is InChI=1S/C14H19N3O4/c1-3-8(2)11(13(19)20)17-14(21)16-10-6-4-9(5-7-10)12(15)18/h4-8,11H,3H2,1-2H3,(H2,15,18)(H,19,20)(H2,16,17,21)/t8-,11-/m0/s1. The van der Waals surface area contributed by atoms with E-state index in [1.807, 2.05) is 6.92 Å². The molecule has 0 aromatic heterocycles. The number of amides is 3. The van der Waals surface area contributed by atoms with E-state index in [-0.39, 0.29) is 5.92 Å². The van der Waals surface area contributed by atoms with Gasteiger partial charge in [-0.2, -0.15) is 0 Å². The molecule has 3 amide bonds. The van der Waals surface area contributed by atoms with E-state index in [0.29, 0.717) is 17.7 Å². The van der Waals surface area contributed by atoms with Gasteiger partial charge < -0.3 is 21.5 Å². The predicted molar refractivity (Wildman–Crippen MR) is 78.0 cm³/mol. The minimum Gasteiger partial charge on any atom is -0.480 e. The summed E-state index contributed by atoms with van der Waals surface area (Å²) in [5.74, 6) is -1.83. The molecule has 1 aromatic rings. The molecule has 0 fully saturated rings. The van der Waals surface area contributed by atoms with Crippen molar-refractivity contribution >= 4 is 23.6 Å². The highest BCUT2D eigenvalue weighted by molar-refractivity contribution is 5.95. The predicted octanol–water partition coefficient (Wildman–Crippen LogP) is 1.41. The summed E-state index contributed by atoms with van der Waals surface area (Å²) in [6.45, 7) is 3.60. The van der Waals surface area contributed by atoms with Crippen LogP contribution in [0.25, 0.3) is 0 Å². The van der Waals surface area contributed by atoms with Crippen LogP contribution in [0.15, 0.2) is 24.3 Å². The first kappa shape index (κ1) is 16.5. The van der Waals surface area contributed by atoms with Gasteiger partial charge in [0, 0.05) is 11.3 Å². The van der Waals surface area contributed by atoms with Gasteiger partial charge in [0.05, 0.1) is 0 Å². The minimum absolute atomic E-state index is 0.189. The van der Waals surface area contributed by atoms with E-state index in [4.69, 9.17) is 10.8 Å². The number of primary amides is 1. The average Bonchev–Trinajstić information content (AvgIpc) is 2.44. The Morgan fingerprint density at radius 3 is 2.24 bits per heavy atom. The molecule has 5 N–H and O–H groups in total. The fraction of sp³-hybridized carbons (Fsp3) is 0.357. The van der Waals surface area contributed by atoms with Crippen molar-refractivity contribution in [1.82, 2.24) is 5.32 Å². The summed E-state index contributed by atoms with van der Waals surface area (Å²) < 4.78 is 0. The molecule has 0 aliphatic heterocycles. The number of nitrogens with two attached hydrogens (primary N) is 1. The number of rotatable bonds is 6. The van der Waals surface area contributed by atoms with E-state index in [1.165, 1.54) is 24.3 Å². The molecule has 0 saturated heterocycles. The molecule has 7 nitrogen and oxygen atoms in total. The molecule has 0 bridgehead atoms. The number of carbonyl (C=O) groups is 3. The first-order valence-electron chi connectivity index (χ1n) is 6.55. The van der Waals surface area contributed by atoms with Crippen LogP contribution < -0.4 is 16.4 Å². The van der Waals surface area contributed by atoms with Crippen LogP contribution >= 0.6 is 0 Å². The number of benzene rings is 1. The zero-order chi connectivity index (χ0) is 16.0. The van der Waals surface area contributed by atoms with E-state index >= 15 is 0 Å². The van der Waals surface area contributed by atoms with E-state index in [1.54, 1.807) is 6.92 Å². The molecule has 7 heteroatoms. The van der Waals surface area contributed by atoms with Gasteiger partial charge in [-0.05, 0) is 30.2 Å². The van der Waals surface area contributed by atoms with Crippen molar-refractivity contribution in [3.05, 3.63) is 29.8 Å². The number of aliphatic carboxylic acids is 1. The normalized spacial score (nSPS) is 13.0. The van der Waals surface area contributed by atoms with Gasteiger partial charge in [-0.3, -0.25) is 4.79 Å². The number of urea groups is 1. The Bertz CT molecular complexity index is 528. The topological polar surface area (TPSA) is 122 Å². The van der Waals surface area contributed by atoms with Crippen molar-refractivity contribution in [3.63, 3.8) is 0 Å². The highest BCUT2D eigenvalue weighted by atomic mass is 16.4. The van der Waals surface area contributed by atoms with Crippen LogP contribution in [0.2, 0.25) is 0 Å². The molecule has 0 saturated carbocycles. The molecule has 0 radical (unpaired) electrons. The summed E-state index contributed by atoms with van der Waals surface area (Å²) in [4.78, 5) is 33.8. The maximum absolute atomic E-state index is 11.8. The molecule has 0 aliphatic carbocycles. The van der Waals surface area contributed by atoms with Crippen molar-refractivity contribution in [3.8, 4) is 0 Å². The Labute approximate surface area is 122 Å². The molecule has 1 aromatic carbocycles. The molecule has 0 unspecified atom stereocenters. The highest BCUT2D eigenvalue weighted by Gasteiger charge is 2.25. The molecule has 114 valence electrons. The molecule has 0 heterocycles. The van der Waals surface area contributed by atoms with Gasteiger partial charge in [-0.25, -0.2) is 9.59 Å². The molecule has 21 heavy (non-hydrogen) atoms. The second kappa shape index (κ2) is 7.28. The van der Waals surface area contributed by atoms with Crippen molar-refractivity contribution < 1.29 is 19.5 Å². The van der Waals surface area contributed by atoms with E-state index < -0.39 is 23.9 Å². The van der Waals surface area contributed by atoms with Crippen molar-refractivity contribution in [2.45, 2.75) is 26.3 Å². The third-order valence-corrected chi connectivity index (χ3v) is 3.19. The van der Waals surface area contributed by atoms with Crippen LogP contribution in [0, 0.1) is 5.92 Å². The zero-order valence-electron chi connectivity index (χ0n) is 11.9. The van der Waals surface area contributed by atoms with Gasteiger partial charge in [0.2, 0.25) is 5.91 Å². The van der Waals surface area contributed by atoms with Crippen molar-refractivity contribution in [1.29, 1.82) is 0 Å². The smallest absolute Gasteiger partial charge is 0.326 e. The lowest BCUT2D eigenvalue weighted by Crippen LogP contribution is -2.46. The molecular weight excluding hydrogens is 274 g/mol. The van der Waals surface area contributed by atoms with Gasteiger partial charge in [-0.15, -0.1) is 0 Å². The second-order valence-corrected chi connectivity index (χ2v) is 4.74. The zero-order valence-corrected chi connectivity index (χ0v) is 11.9. The first-order chi connectivity index (χ1) is 9.85. The van der Waals surface area contributed by atoms with Gasteiger partial charge in [0.25, 0.3) is 0 Å². The SMILES string of the molecule is CC[C@H](C)[C@H](NC(=O)Nc1ccc(C(N)=O)cc1)C(=O)O. The molecule has 1 rings (SSSR count). The number of nitrogens with one attached hydrogen (secondary N) is 2. The van der Waals surface area contributed by atoms with Crippen LogP contribution in [-0.4, -0.2) is 29.1 Å². The lowest BCUT2D eigenvalue weighted by Gasteiger charge is -2.20. The quantitative estimate of drug-likeness (QED) is 0.633. The highest BCUT2D eigenvalue weighted by Crippen LogP contribution is 2.11. The third kappa shape index (κ3) is 4.79. The summed E-state index contributed by atoms with van der Waals surface area (Å²) >= 11 is 0. The molecular formula is C14H19N3O4. The van der Waals surface area contributed by atoms with Gasteiger partial charge >= 0.3 is 12.0 Å². The Kier molecular flexibility index (Phi) is 5.71. The summed E-state index contributed by atoms with van der Waals surface area (Å²) in [5.41, 5.74) is 5.87. The first-order valence-corrected chi connectivity index (χ1v) is 6.55. The fourth-order valence-corrected chi connectivity index (χ4v) is 1.71. The Hall–Kier alpha value is -2.57. The van der Waals surface area contributed by atoms with Crippen LogP contribution in [0.3, 0.4) is 0 Å². The largest absolute Gasteiger partial charge is 0.480 e. The molecule has 0 aliphatic rings. The number of carbonyl (C=O) groups excluding carboxylic acids is 2. The minimum atomic E-state index is -1.08. The van der Waals surface area contributed by atoms with Crippen LogP contribution in [0.1, 0.15) is 30.6 Å². The van der Waals surface area contributed by atoms with Crippen LogP contribution in [0.5, 0.6) is 0 Å². The van der Waals surface area contributed by atoms with Gasteiger partial charge in [-0.1, -0.05) is 20.3 Å². The Balaban J connectivity index is 2.67. The summed E-state index contributed by atoms with van der Waals surface area (Å²) in [5, 5.41) is 14.0. The molecule has 0 spiro atoms. The number of carboxylic acid groups (broad SMARTS) is 1. The van der Waals surface area contributed by atoms with Gasteiger partial charge in [0.15, 0.2) is 0 Å². The lowest BCUT2D eigenvalue weighted by molar-refractivity contribution is -0.140. The maximum atomic E-state index is 11.8. The fourth-order valence-electron chi connectivity index (χ4n) is 1.71. The monoisotopic (exact) mass is 293 g/mol. The number of carboxylic acids is 1. The third-order valence-electron chi connectivity index (χ3n) is 3.19. The van der Waals surface area contributed by atoms with Crippen LogP contribution in [0.4, 0.5) is 10.5 Å². The van der Waals surface area contributed by atoms with Crippen molar-refractivity contribution in [2.75, 3.05) is 5.32 Å². The van der Waals surface area contributed by atoms with Crippen molar-refractivity contribution in [2.24, 2.45) is 11.7 Å². The van der Waals surface area contributed by atoms with Crippen LogP contribution in [-0.2, 0) is 4.79 Å². The summed E-state index contributed by atoms with van der Waals surface area (Å²) in [6.07, 6.45) is 0.630. The Morgan fingerprint density at radius 1 is 1.24 bits per heavy atom. The summed E-state index contributed by atoms with van der Waals surface area (Å²) in [7, 11) is 0. The van der Waals surface area contributed by atoms with E-state index in [0.717, 1.165) is 0 Å². The second-order valence-electron chi connectivity index (χ2n) is 4.74. The molecule has 2 atom stereocenters. The average molecular weight is 293 g/mol.